The highest BCUT2D eigenvalue weighted by Gasteiger charge is 2.31. The lowest BCUT2D eigenvalue weighted by Gasteiger charge is -2.09. The van der Waals surface area contributed by atoms with Crippen molar-refractivity contribution in [1.29, 1.82) is 0 Å². The standard InChI is InChI=1S/C15H14F3NOS/c1-3-5-11-13(20)12(14(19-2)21-11)9-6-4-7-10(8-9)15(16,17)18/h3-4,6-8,19-20H,1,5H2,2H3. The zero-order valence-electron chi connectivity index (χ0n) is 11.3. The van der Waals surface area contributed by atoms with Gasteiger partial charge in [0.05, 0.1) is 16.0 Å². The number of aromatic hydroxyl groups is 1. The third-order valence-electron chi connectivity index (χ3n) is 2.99. The first kappa shape index (κ1) is 15.4. The van der Waals surface area contributed by atoms with Gasteiger partial charge in [0.25, 0.3) is 0 Å². The van der Waals surface area contributed by atoms with Crippen LogP contribution in [0, 0.1) is 0 Å². The maximum atomic E-state index is 12.8. The fraction of sp³-hybridized carbons (Fsp3) is 0.200. The number of nitrogens with one attached hydrogen (secondary N) is 1. The monoisotopic (exact) mass is 313 g/mol. The molecule has 6 heteroatoms. The third kappa shape index (κ3) is 3.05. The molecule has 0 aliphatic heterocycles. The lowest BCUT2D eigenvalue weighted by Crippen LogP contribution is -2.04. The van der Waals surface area contributed by atoms with Gasteiger partial charge >= 0.3 is 6.18 Å². The molecular formula is C15H14F3NOS. The lowest BCUT2D eigenvalue weighted by atomic mass is 10.0. The average Bonchev–Trinajstić information content (AvgIpc) is 2.75. The van der Waals surface area contributed by atoms with Gasteiger partial charge in [0.1, 0.15) is 10.8 Å². The Labute approximate surface area is 124 Å². The summed E-state index contributed by atoms with van der Waals surface area (Å²) in [4.78, 5) is 0.668. The molecule has 0 unspecified atom stereocenters. The van der Waals surface area contributed by atoms with Crippen LogP contribution >= 0.6 is 11.3 Å². The van der Waals surface area contributed by atoms with E-state index in [2.05, 4.69) is 11.9 Å². The fourth-order valence-corrected chi connectivity index (χ4v) is 3.10. The van der Waals surface area contributed by atoms with Crippen LogP contribution in [0.15, 0.2) is 36.9 Å². The Morgan fingerprint density at radius 2 is 2.10 bits per heavy atom. The Morgan fingerprint density at radius 3 is 2.67 bits per heavy atom. The van der Waals surface area contributed by atoms with Gasteiger partial charge in [-0.15, -0.1) is 17.9 Å². The van der Waals surface area contributed by atoms with Gasteiger partial charge in [-0.2, -0.15) is 13.2 Å². The molecule has 2 N–H and O–H groups in total. The second-order valence-corrected chi connectivity index (χ2v) is 5.50. The summed E-state index contributed by atoms with van der Waals surface area (Å²) < 4.78 is 38.4. The van der Waals surface area contributed by atoms with Gasteiger partial charge < -0.3 is 10.4 Å². The number of rotatable bonds is 4. The molecule has 0 saturated carbocycles. The smallest absolute Gasteiger partial charge is 0.416 e. The van der Waals surface area contributed by atoms with Crippen LogP contribution in [0.2, 0.25) is 0 Å². The van der Waals surface area contributed by atoms with Crippen LogP contribution in [0.5, 0.6) is 5.75 Å². The van der Waals surface area contributed by atoms with Crippen molar-refractivity contribution >= 4 is 16.3 Å². The van der Waals surface area contributed by atoms with Crippen molar-refractivity contribution in [2.75, 3.05) is 12.4 Å². The number of allylic oxidation sites excluding steroid dienone is 1. The van der Waals surface area contributed by atoms with E-state index in [9.17, 15) is 18.3 Å². The molecular weight excluding hydrogens is 299 g/mol. The Balaban J connectivity index is 2.58. The van der Waals surface area contributed by atoms with Gasteiger partial charge in [-0.3, -0.25) is 0 Å². The van der Waals surface area contributed by atoms with E-state index >= 15 is 0 Å². The second kappa shape index (κ2) is 5.81. The number of alkyl halides is 3. The predicted molar refractivity (Wildman–Crippen MR) is 79.9 cm³/mol. The number of halogens is 3. The number of hydrogen-bond donors (Lipinski definition) is 2. The normalized spacial score (nSPS) is 11.4. The molecule has 0 aliphatic rings. The molecule has 2 aromatic rings. The van der Waals surface area contributed by atoms with Crippen molar-refractivity contribution in [2.45, 2.75) is 12.6 Å². The zero-order chi connectivity index (χ0) is 15.6. The number of anilines is 1. The maximum absolute atomic E-state index is 12.8. The van der Waals surface area contributed by atoms with Crippen LogP contribution in [0.3, 0.4) is 0 Å². The minimum absolute atomic E-state index is 0.00331. The number of thiophene rings is 1. The van der Waals surface area contributed by atoms with E-state index in [4.69, 9.17) is 0 Å². The van der Waals surface area contributed by atoms with Crippen LogP contribution in [-0.2, 0) is 12.6 Å². The highest BCUT2D eigenvalue weighted by Crippen LogP contribution is 2.46. The van der Waals surface area contributed by atoms with Gasteiger partial charge in [0, 0.05) is 13.5 Å². The predicted octanol–water partition coefficient (Wildman–Crippen LogP) is 4.91. The Hall–Kier alpha value is -1.95. The van der Waals surface area contributed by atoms with E-state index < -0.39 is 11.7 Å². The van der Waals surface area contributed by atoms with Crippen molar-refractivity contribution in [3.8, 4) is 16.9 Å². The zero-order valence-corrected chi connectivity index (χ0v) is 12.1. The number of hydrogen-bond acceptors (Lipinski definition) is 3. The molecule has 0 spiro atoms. The molecule has 0 fully saturated rings. The van der Waals surface area contributed by atoms with Crippen molar-refractivity contribution in [2.24, 2.45) is 0 Å². The van der Waals surface area contributed by atoms with Crippen molar-refractivity contribution in [1.82, 2.24) is 0 Å². The second-order valence-electron chi connectivity index (χ2n) is 4.40. The molecule has 0 atom stereocenters. The fourth-order valence-electron chi connectivity index (χ4n) is 2.03. The Kier molecular flexibility index (Phi) is 4.27. The van der Waals surface area contributed by atoms with Gasteiger partial charge in [-0.1, -0.05) is 18.2 Å². The molecule has 0 radical (unpaired) electrons. The first-order chi connectivity index (χ1) is 9.88. The van der Waals surface area contributed by atoms with Crippen LogP contribution < -0.4 is 5.32 Å². The van der Waals surface area contributed by atoms with E-state index in [0.29, 0.717) is 27.4 Å². The molecule has 2 nitrogen and oxygen atoms in total. The summed E-state index contributed by atoms with van der Waals surface area (Å²) in [5.41, 5.74) is -0.0124. The summed E-state index contributed by atoms with van der Waals surface area (Å²) >= 11 is 1.31. The highest BCUT2D eigenvalue weighted by atomic mass is 32.1. The molecule has 112 valence electrons. The molecule has 2 rings (SSSR count). The van der Waals surface area contributed by atoms with Gasteiger partial charge in [0.15, 0.2) is 0 Å². The Bertz CT molecular complexity index is 661. The van der Waals surface area contributed by atoms with Crippen LogP contribution in [-0.4, -0.2) is 12.2 Å². The van der Waals surface area contributed by atoms with Crippen LogP contribution in [0.1, 0.15) is 10.4 Å². The van der Waals surface area contributed by atoms with Crippen LogP contribution in [0.25, 0.3) is 11.1 Å². The number of benzene rings is 1. The molecule has 1 aromatic heterocycles. The summed E-state index contributed by atoms with van der Waals surface area (Å²) in [5, 5.41) is 13.8. The third-order valence-corrected chi connectivity index (χ3v) is 4.21. The molecule has 0 aliphatic carbocycles. The summed E-state index contributed by atoms with van der Waals surface area (Å²) in [5.74, 6) is 0.00331. The van der Waals surface area contributed by atoms with Gasteiger partial charge in [0.2, 0.25) is 0 Å². The molecule has 1 aromatic carbocycles. The molecule has 0 saturated heterocycles. The van der Waals surface area contributed by atoms with Gasteiger partial charge in [-0.25, -0.2) is 0 Å². The van der Waals surface area contributed by atoms with E-state index in [1.165, 1.54) is 17.4 Å². The minimum atomic E-state index is -4.41. The minimum Gasteiger partial charge on any atom is -0.506 e. The quantitative estimate of drug-likeness (QED) is 0.786. The highest BCUT2D eigenvalue weighted by molar-refractivity contribution is 7.17. The summed E-state index contributed by atoms with van der Waals surface area (Å²) in [6.45, 7) is 3.61. The maximum Gasteiger partial charge on any atom is 0.416 e. The van der Waals surface area contributed by atoms with E-state index in [1.54, 1.807) is 19.2 Å². The van der Waals surface area contributed by atoms with Gasteiger partial charge in [-0.05, 0) is 17.7 Å². The molecule has 21 heavy (non-hydrogen) atoms. The first-order valence-electron chi connectivity index (χ1n) is 6.19. The summed E-state index contributed by atoms with van der Waals surface area (Å²) in [7, 11) is 1.67. The lowest BCUT2D eigenvalue weighted by molar-refractivity contribution is -0.137. The van der Waals surface area contributed by atoms with E-state index in [0.717, 1.165) is 12.1 Å². The summed E-state index contributed by atoms with van der Waals surface area (Å²) in [6, 6.07) is 4.94. The molecule has 1 heterocycles. The SMILES string of the molecule is C=CCc1sc(NC)c(-c2cccc(C(F)(F)F)c2)c1O. The van der Waals surface area contributed by atoms with Crippen molar-refractivity contribution < 1.29 is 18.3 Å². The largest absolute Gasteiger partial charge is 0.506 e. The first-order valence-corrected chi connectivity index (χ1v) is 7.01. The topological polar surface area (TPSA) is 32.3 Å². The van der Waals surface area contributed by atoms with Crippen molar-refractivity contribution in [3.05, 3.63) is 47.4 Å². The average molecular weight is 313 g/mol. The molecule has 0 bridgehead atoms. The molecule has 0 amide bonds. The van der Waals surface area contributed by atoms with Crippen molar-refractivity contribution in [3.63, 3.8) is 0 Å². The van der Waals surface area contributed by atoms with E-state index in [-0.39, 0.29) is 5.75 Å². The van der Waals surface area contributed by atoms with E-state index in [1.807, 2.05) is 0 Å². The summed E-state index contributed by atoms with van der Waals surface area (Å²) in [6.07, 6.45) is -2.31. The Morgan fingerprint density at radius 1 is 1.38 bits per heavy atom. The van der Waals surface area contributed by atoms with Crippen LogP contribution in [0.4, 0.5) is 18.2 Å².